The van der Waals surface area contributed by atoms with Crippen LogP contribution in [0.2, 0.25) is 5.02 Å². The minimum atomic E-state index is -3.73. The molecule has 3 aromatic rings. The summed E-state index contributed by atoms with van der Waals surface area (Å²) in [4.78, 5) is 12.5. The van der Waals surface area contributed by atoms with Crippen molar-refractivity contribution in [2.75, 3.05) is 10.0 Å². The van der Waals surface area contributed by atoms with Crippen molar-refractivity contribution in [3.63, 3.8) is 0 Å². The van der Waals surface area contributed by atoms with E-state index in [1.165, 1.54) is 29.8 Å². The maximum absolute atomic E-state index is 12.4. The summed E-state index contributed by atoms with van der Waals surface area (Å²) in [6.07, 6.45) is 0. The standard InChI is InChI=1S/C22H21ClN2O3S/c1-15(2)16-3-9-19(10-4-16)24-22(26)17-5-11-20(12-6-17)25-29(27,28)21-13-7-18(23)8-14-21/h3-15,25H,1-2H3,(H,24,26). The highest BCUT2D eigenvalue weighted by atomic mass is 35.5. The number of benzene rings is 3. The first kappa shape index (κ1) is 20.9. The van der Waals surface area contributed by atoms with Gasteiger partial charge in [0.15, 0.2) is 0 Å². The number of amides is 1. The highest BCUT2D eigenvalue weighted by Crippen LogP contribution is 2.20. The fourth-order valence-electron chi connectivity index (χ4n) is 2.67. The van der Waals surface area contributed by atoms with Crippen molar-refractivity contribution in [3.8, 4) is 0 Å². The van der Waals surface area contributed by atoms with Gasteiger partial charge >= 0.3 is 0 Å². The summed E-state index contributed by atoms with van der Waals surface area (Å²) in [6.45, 7) is 4.21. The monoisotopic (exact) mass is 428 g/mol. The molecule has 0 aliphatic carbocycles. The van der Waals surface area contributed by atoms with Crippen molar-refractivity contribution >= 4 is 38.9 Å². The van der Waals surface area contributed by atoms with Gasteiger partial charge in [-0.2, -0.15) is 0 Å². The molecule has 29 heavy (non-hydrogen) atoms. The van der Waals surface area contributed by atoms with E-state index < -0.39 is 10.0 Å². The van der Waals surface area contributed by atoms with E-state index in [-0.39, 0.29) is 10.8 Å². The van der Waals surface area contributed by atoms with Gasteiger partial charge in [0.2, 0.25) is 0 Å². The van der Waals surface area contributed by atoms with Crippen LogP contribution in [0.1, 0.15) is 35.7 Å². The van der Waals surface area contributed by atoms with Crippen molar-refractivity contribution in [2.45, 2.75) is 24.7 Å². The van der Waals surface area contributed by atoms with Crippen molar-refractivity contribution in [1.82, 2.24) is 0 Å². The SMILES string of the molecule is CC(C)c1ccc(NC(=O)c2ccc(NS(=O)(=O)c3ccc(Cl)cc3)cc2)cc1. The Bertz CT molecular complexity index is 1090. The predicted molar refractivity (Wildman–Crippen MR) is 117 cm³/mol. The number of carbonyl (C=O) groups is 1. The van der Waals surface area contributed by atoms with Crippen LogP contribution in [0.5, 0.6) is 0 Å². The number of nitrogens with one attached hydrogen (secondary N) is 2. The molecule has 7 heteroatoms. The van der Waals surface area contributed by atoms with Crippen molar-refractivity contribution in [3.05, 3.63) is 88.9 Å². The predicted octanol–water partition coefficient (Wildman–Crippen LogP) is 5.52. The normalized spacial score (nSPS) is 11.3. The Kier molecular flexibility index (Phi) is 6.25. The fraction of sp³-hybridized carbons (Fsp3) is 0.136. The van der Waals surface area contributed by atoms with E-state index in [0.29, 0.717) is 27.9 Å². The molecule has 0 spiro atoms. The Labute approximate surface area is 175 Å². The maximum Gasteiger partial charge on any atom is 0.261 e. The number of anilines is 2. The number of hydrogen-bond acceptors (Lipinski definition) is 3. The number of hydrogen-bond donors (Lipinski definition) is 2. The topological polar surface area (TPSA) is 75.3 Å². The second-order valence-corrected chi connectivity index (χ2v) is 8.99. The second-order valence-electron chi connectivity index (χ2n) is 6.87. The number of carbonyl (C=O) groups excluding carboxylic acids is 1. The Morgan fingerprint density at radius 1 is 0.828 bits per heavy atom. The quantitative estimate of drug-likeness (QED) is 0.543. The molecule has 0 aliphatic rings. The van der Waals surface area contributed by atoms with E-state index in [2.05, 4.69) is 23.9 Å². The summed E-state index contributed by atoms with van der Waals surface area (Å²) in [5.74, 6) is 0.151. The zero-order chi connectivity index (χ0) is 21.0. The van der Waals surface area contributed by atoms with Crippen molar-refractivity contribution < 1.29 is 13.2 Å². The van der Waals surface area contributed by atoms with E-state index in [1.807, 2.05) is 24.3 Å². The van der Waals surface area contributed by atoms with Crippen LogP contribution in [0.4, 0.5) is 11.4 Å². The lowest BCUT2D eigenvalue weighted by molar-refractivity contribution is 0.102. The summed E-state index contributed by atoms with van der Waals surface area (Å²) in [7, 11) is -3.73. The third-order valence-corrected chi connectivity index (χ3v) is 6.01. The van der Waals surface area contributed by atoms with Crippen molar-refractivity contribution in [1.29, 1.82) is 0 Å². The molecule has 0 aliphatic heterocycles. The first-order valence-corrected chi connectivity index (χ1v) is 10.9. The molecular weight excluding hydrogens is 408 g/mol. The lowest BCUT2D eigenvalue weighted by Gasteiger charge is -2.10. The van der Waals surface area contributed by atoms with E-state index in [0.717, 1.165) is 0 Å². The Hall–Kier alpha value is -2.83. The molecule has 0 unspecified atom stereocenters. The van der Waals surface area contributed by atoms with E-state index in [4.69, 9.17) is 11.6 Å². The third kappa shape index (κ3) is 5.37. The van der Waals surface area contributed by atoms with E-state index in [9.17, 15) is 13.2 Å². The van der Waals surface area contributed by atoms with Gasteiger partial charge in [-0.15, -0.1) is 0 Å². The molecule has 1 amide bonds. The first-order chi connectivity index (χ1) is 13.7. The molecule has 0 bridgehead atoms. The summed E-state index contributed by atoms with van der Waals surface area (Å²) in [6, 6.07) is 19.8. The molecule has 0 saturated heterocycles. The van der Waals surface area contributed by atoms with Crippen LogP contribution in [0, 0.1) is 0 Å². The van der Waals surface area contributed by atoms with Crippen LogP contribution in [-0.4, -0.2) is 14.3 Å². The molecule has 0 radical (unpaired) electrons. The zero-order valence-electron chi connectivity index (χ0n) is 16.0. The average molecular weight is 429 g/mol. The molecule has 0 fully saturated rings. The second kappa shape index (κ2) is 8.68. The molecule has 2 N–H and O–H groups in total. The van der Waals surface area contributed by atoms with Gasteiger partial charge in [-0.1, -0.05) is 37.6 Å². The molecule has 3 rings (SSSR count). The minimum Gasteiger partial charge on any atom is -0.322 e. The molecule has 0 heterocycles. The van der Waals surface area contributed by atoms with Crippen LogP contribution in [0.25, 0.3) is 0 Å². The summed E-state index contributed by atoms with van der Waals surface area (Å²) < 4.78 is 27.3. The molecule has 5 nitrogen and oxygen atoms in total. The number of rotatable bonds is 6. The van der Waals surface area contributed by atoms with Crippen LogP contribution in [0.3, 0.4) is 0 Å². The summed E-state index contributed by atoms with van der Waals surface area (Å²) >= 11 is 5.80. The smallest absolute Gasteiger partial charge is 0.261 e. The third-order valence-electron chi connectivity index (χ3n) is 4.36. The largest absolute Gasteiger partial charge is 0.322 e. The van der Waals surface area contributed by atoms with Gasteiger partial charge in [0.05, 0.1) is 4.90 Å². The van der Waals surface area contributed by atoms with Crippen LogP contribution >= 0.6 is 11.6 Å². The van der Waals surface area contributed by atoms with E-state index >= 15 is 0 Å². The summed E-state index contributed by atoms with van der Waals surface area (Å²) in [5.41, 5.74) is 2.68. The fourth-order valence-corrected chi connectivity index (χ4v) is 3.86. The van der Waals surface area contributed by atoms with Gasteiger partial charge in [-0.05, 0) is 72.1 Å². The Morgan fingerprint density at radius 2 is 1.38 bits per heavy atom. The van der Waals surface area contributed by atoms with E-state index in [1.54, 1.807) is 24.3 Å². The lowest BCUT2D eigenvalue weighted by atomic mass is 10.0. The van der Waals surface area contributed by atoms with Gasteiger partial charge in [0.25, 0.3) is 15.9 Å². The molecule has 3 aromatic carbocycles. The van der Waals surface area contributed by atoms with Gasteiger partial charge < -0.3 is 5.32 Å². The number of sulfonamides is 1. The highest BCUT2D eigenvalue weighted by molar-refractivity contribution is 7.92. The molecule has 150 valence electrons. The average Bonchev–Trinajstić information content (AvgIpc) is 2.69. The van der Waals surface area contributed by atoms with Crippen molar-refractivity contribution in [2.24, 2.45) is 0 Å². The summed E-state index contributed by atoms with van der Waals surface area (Å²) in [5, 5.41) is 3.29. The molecule has 0 aromatic heterocycles. The van der Waals surface area contributed by atoms with Gasteiger partial charge in [0, 0.05) is 22.0 Å². The molecule has 0 atom stereocenters. The van der Waals surface area contributed by atoms with Crippen LogP contribution in [0.15, 0.2) is 77.7 Å². The van der Waals surface area contributed by atoms with Crippen LogP contribution < -0.4 is 10.0 Å². The maximum atomic E-state index is 12.4. The minimum absolute atomic E-state index is 0.105. The Morgan fingerprint density at radius 3 is 1.93 bits per heavy atom. The lowest BCUT2D eigenvalue weighted by Crippen LogP contribution is -2.14. The van der Waals surface area contributed by atoms with Gasteiger partial charge in [-0.3, -0.25) is 9.52 Å². The number of halogens is 1. The van der Waals surface area contributed by atoms with Gasteiger partial charge in [-0.25, -0.2) is 8.42 Å². The van der Waals surface area contributed by atoms with Gasteiger partial charge in [0.1, 0.15) is 0 Å². The molecule has 0 saturated carbocycles. The zero-order valence-corrected chi connectivity index (χ0v) is 17.6. The Balaban J connectivity index is 1.67. The highest BCUT2D eigenvalue weighted by Gasteiger charge is 2.14. The molecular formula is C22H21ClN2O3S. The van der Waals surface area contributed by atoms with Crippen LogP contribution in [-0.2, 0) is 10.0 Å². The first-order valence-electron chi connectivity index (χ1n) is 9.04.